The van der Waals surface area contributed by atoms with Gasteiger partial charge in [0, 0.05) is 23.6 Å². The lowest BCUT2D eigenvalue weighted by Gasteiger charge is -2.22. The molecule has 0 aromatic heterocycles. The van der Waals surface area contributed by atoms with Crippen LogP contribution in [-0.4, -0.2) is 18.8 Å². The van der Waals surface area contributed by atoms with E-state index >= 15 is 0 Å². The zero-order valence-corrected chi connectivity index (χ0v) is 10.1. The van der Waals surface area contributed by atoms with Gasteiger partial charge >= 0.3 is 0 Å². The highest BCUT2D eigenvalue weighted by atomic mass is 35.5. The number of carbonyl (C=O) groups excluding carboxylic acids is 1. The number of hydroxylamine groups is 1. The normalized spacial score (nSPS) is 19.9. The van der Waals surface area contributed by atoms with Crippen molar-refractivity contribution in [2.24, 2.45) is 0 Å². The third-order valence-corrected chi connectivity index (χ3v) is 2.74. The van der Waals surface area contributed by atoms with Gasteiger partial charge in [0.25, 0.3) is 5.91 Å². The van der Waals surface area contributed by atoms with Gasteiger partial charge in [0.05, 0.1) is 0 Å². The molecule has 1 atom stereocenters. The standard InChI is InChI=1S/C12H14ClNO3/c13-10-5-3-4-9(8-10)12(15)14-17-11-6-1-2-7-16-11/h3-5,8,11H,1-2,6-7H2,(H,14,15)/t11-/m0/s1. The third-order valence-electron chi connectivity index (χ3n) is 2.51. The molecule has 1 aliphatic rings. The molecule has 1 aliphatic heterocycles. The molecule has 1 heterocycles. The number of ether oxygens (including phenoxy) is 1. The van der Waals surface area contributed by atoms with Gasteiger partial charge in [0.15, 0.2) is 6.29 Å². The van der Waals surface area contributed by atoms with E-state index in [4.69, 9.17) is 21.2 Å². The van der Waals surface area contributed by atoms with Crippen LogP contribution in [0.25, 0.3) is 0 Å². The first-order valence-electron chi connectivity index (χ1n) is 5.59. The maximum Gasteiger partial charge on any atom is 0.274 e. The Morgan fingerprint density at radius 1 is 1.47 bits per heavy atom. The minimum atomic E-state index is -0.341. The van der Waals surface area contributed by atoms with Gasteiger partial charge in [-0.25, -0.2) is 10.3 Å². The summed E-state index contributed by atoms with van der Waals surface area (Å²) in [6.07, 6.45) is 2.56. The number of carbonyl (C=O) groups is 1. The van der Waals surface area contributed by atoms with Crippen molar-refractivity contribution < 1.29 is 14.4 Å². The molecule has 0 spiro atoms. The Morgan fingerprint density at radius 3 is 3.06 bits per heavy atom. The van der Waals surface area contributed by atoms with E-state index in [1.807, 2.05) is 0 Å². The summed E-state index contributed by atoms with van der Waals surface area (Å²) in [6.45, 7) is 0.678. The van der Waals surface area contributed by atoms with Gasteiger partial charge in [-0.3, -0.25) is 4.79 Å². The van der Waals surface area contributed by atoms with Crippen molar-refractivity contribution in [2.45, 2.75) is 25.6 Å². The van der Waals surface area contributed by atoms with Crippen LogP contribution in [0.2, 0.25) is 5.02 Å². The van der Waals surface area contributed by atoms with Crippen molar-refractivity contribution in [3.8, 4) is 0 Å². The van der Waals surface area contributed by atoms with Crippen molar-refractivity contribution in [1.29, 1.82) is 0 Å². The summed E-state index contributed by atoms with van der Waals surface area (Å²) in [5.41, 5.74) is 2.84. The molecule has 0 bridgehead atoms. The zero-order valence-electron chi connectivity index (χ0n) is 9.32. The monoisotopic (exact) mass is 255 g/mol. The highest BCUT2D eigenvalue weighted by molar-refractivity contribution is 6.30. The smallest absolute Gasteiger partial charge is 0.274 e. The number of nitrogens with one attached hydrogen (secondary N) is 1. The van der Waals surface area contributed by atoms with Gasteiger partial charge in [0.2, 0.25) is 0 Å². The second-order valence-electron chi connectivity index (χ2n) is 3.86. The fraction of sp³-hybridized carbons (Fsp3) is 0.417. The molecule has 0 aliphatic carbocycles. The van der Waals surface area contributed by atoms with E-state index in [9.17, 15) is 4.79 Å². The Labute approximate surface area is 105 Å². The molecule has 1 saturated heterocycles. The average molecular weight is 256 g/mol. The predicted molar refractivity (Wildman–Crippen MR) is 63.6 cm³/mol. The van der Waals surface area contributed by atoms with Crippen LogP contribution in [0.5, 0.6) is 0 Å². The van der Waals surface area contributed by atoms with E-state index in [1.54, 1.807) is 24.3 Å². The minimum Gasteiger partial charge on any atom is -0.350 e. The Kier molecular flexibility index (Phi) is 4.36. The molecule has 1 fully saturated rings. The van der Waals surface area contributed by atoms with Crippen molar-refractivity contribution >= 4 is 17.5 Å². The Bertz CT molecular complexity index is 391. The number of amides is 1. The highest BCUT2D eigenvalue weighted by Crippen LogP contribution is 2.13. The molecule has 5 heteroatoms. The molecule has 2 rings (SSSR count). The van der Waals surface area contributed by atoms with Crippen LogP contribution < -0.4 is 5.48 Å². The van der Waals surface area contributed by atoms with Crippen molar-refractivity contribution in [1.82, 2.24) is 5.48 Å². The summed E-state index contributed by atoms with van der Waals surface area (Å²) in [5.74, 6) is -0.318. The summed E-state index contributed by atoms with van der Waals surface area (Å²) in [6, 6.07) is 6.69. The van der Waals surface area contributed by atoms with E-state index in [0.717, 1.165) is 19.3 Å². The molecule has 0 saturated carbocycles. The Morgan fingerprint density at radius 2 is 2.35 bits per heavy atom. The van der Waals surface area contributed by atoms with Crippen LogP contribution >= 0.6 is 11.6 Å². The van der Waals surface area contributed by atoms with Gasteiger partial charge in [-0.15, -0.1) is 0 Å². The largest absolute Gasteiger partial charge is 0.350 e. The van der Waals surface area contributed by atoms with Crippen LogP contribution in [0.1, 0.15) is 29.6 Å². The second-order valence-corrected chi connectivity index (χ2v) is 4.29. The molecular formula is C12H14ClNO3. The fourth-order valence-corrected chi connectivity index (χ4v) is 1.80. The number of hydrogen-bond donors (Lipinski definition) is 1. The molecule has 1 N–H and O–H groups in total. The lowest BCUT2D eigenvalue weighted by Crippen LogP contribution is -2.33. The summed E-state index contributed by atoms with van der Waals surface area (Å²) >= 11 is 5.79. The SMILES string of the molecule is O=C(NO[C@H]1CCCCO1)c1cccc(Cl)c1. The van der Waals surface area contributed by atoms with Crippen LogP contribution in [-0.2, 0) is 9.57 Å². The maximum absolute atomic E-state index is 11.7. The molecule has 1 amide bonds. The van der Waals surface area contributed by atoms with Gasteiger partial charge in [-0.1, -0.05) is 17.7 Å². The molecule has 17 heavy (non-hydrogen) atoms. The van der Waals surface area contributed by atoms with Crippen LogP contribution in [0, 0.1) is 0 Å². The third kappa shape index (κ3) is 3.70. The first-order valence-corrected chi connectivity index (χ1v) is 5.96. The topological polar surface area (TPSA) is 47.6 Å². The maximum atomic E-state index is 11.7. The molecular weight excluding hydrogens is 242 g/mol. The first-order chi connectivity index (χ1) is 8.25. The summed E-state index contributed by atoms with van der Waals surface area (Å²) in [5, 5.41) is 0.520. The lowest BCUT2D eigenvalue weighted by atomic mass is 10.2. The van der Waals surface area contributed by atoms with E-state index in [-0.39, 0.29) is 12.2 Å². The minimum absolute atomic E-state index is 0.318. The van der Waals surface area contributed by atoms with Crippen molar-refractivity contribution in [2.75, 3.05) is 6.61 Å². The van der Waals surface area contributed by atoms with Crippen LogP contribution in [0.3, 0.4) is 0 Å². The molecule has 92 valence electrons. The highest BCUT2D eigenvalue weighted by Gasteiger charge is 2.16. The van der Waals surface area contributed by atoms with E-state index < -0.39 is 0 Å². The Hall–Kier alpha value is -1.10. The predicted octanol–water partition coefficient (Wildman–Crippen LogP) is 2.53. The molecule has 4 nitrogen and oxygen atoms in total. The van der Waals surface area contributed by atoms with Gasteiger partial charge in [-0.05, 0) is 31.0 Å². The fourth-order valence-electron chi connectivity index (χ4n) is 1.61. The van der Waals surface area contributed by atoms with Crippen molar-refractivity contribution in [3.63, 3.8) is 0 Å². The molecule has 1 aromatic carbocycles. The summed E-state index contributed by atoms with van der Waals surface area (Å²) < 4.78 is 5.32. The summed E-state index contributed by atoms with van der Waals surface area (Å²) in [7, 11) is 0. The van der Waals surface area contributed by atoms with Gasteiger partial charge < -0.3 is 4.74 Å². The summed E-state index contributed by atoms with van der Waals surface area (Å²) in [4.78, 5) is 16.9. The number of hydrogen-bond acceptors (Lipinski definition) is 3. The molecule has 0 radical (unpaired) electrons. The Balaban J connectivity index is 1.84. The van der Waals surface area contributed by atoms with E-state index in [2.05, 4.69) is 5.48 Å². The lowest BCUT2D eigenvalue weighted by molar-refractivity contribution is -0.186. The van der Waals surface area contributed by atoms with Crippen LogP contribution in [0.4, 0.5) is 0 Å². The second kappa shape index (κ2) is 6.00. The zero-order chi connectivity index (χ0) is 12.1. The van der Waals surface area contributed by atoms with E-state index in [1.165, 1.54) is 0 Å². The van der Waals surface area contributed by atoms with Gasteiger partial charge in [-0.2, -0.15) is 0 Å². The molecule has 1 aromatic rings. The average Bonchev–Trinajstić information content (AvgIpc) is 2.37. The van der Waals surface area contributed by atoms with Crippen molar-refractivity contribution in [3.05, 3.63) is 34.9 Å². The number of halogens is 1. The number of rotatable bonds is 3. The molecule has 0 unspecified atom stereocenters. The first kappa shape index (κ1) is 12.4. The van der Waals surface area contributed by atoms with E-state index in [0.29, 0.717) is 17.2 Å². The number of benzene rings is 1. The van der Waals surface area contributed by atoms with Gasteiger partial charge in [0.1, 0.15) is 0 Å². The van der Waals surface area contributed by atoms with Crippen LogP contribution in [0.15, 0.2) is 24.3 Å². The quantitative estimate of drug-likeness (QED) is 0.845.